The van der Waals surface area contributed by atoms with Gasteiger partial charge in [-0.2, -0.15) is 23.3 Å². The molecule has 0 radical (unpaired) electrons. The fourth-order valence-electron chi connectivity index (χ4n) is 9.34. The monoisotopic (exact) mass is 700 g/mol. The average molecular weight is 701 g/mol. The molecule has 268 valence electrons. The zero-order chi connectivity index (χ0) is 35.3. The third-order valence-corrected chi connectivity index (χ3v) is 12.2. The van der Waals surface area contributed by atoms with Crippen molar-refractivity contribution < 1.29 is 22.7 Å². The first-order valence-corrected chi connectivity index (χ1v) is 18.1. The number of hydrogen-bond donors (Lipinski definition) is 2. The first-order valence-electron chi connectivity index (χ1n) is 18.1. The molecular weight excluding hydrogens is 657 g/mol. The van der Waals surface area contributed by atoms with Crippen molar-refractivity contribution in [3.63, 3.8) is 0 Å². The van der Waals surface area contributed by atoms with Gasteiger partial charge in [0.25, 0.3) is 0 Å². The number of amides is 1. The second kappa shape index (κ2) is 11.6. The van der Waals surface area contributed by atoms with E-state index in [-0.39, 0.29) is 34.4 Å². The Balaban J connectivity index is 1.20. The Labute approximate surface area is 294 Å². The molecule has 10 nitrogen and oxygen atoms in total. The van der Waals surface area contributed by atoms with Gasteiger partial charge in [-0.05, 0) is 92.7 Å². The fourth-order valence-corrected chi connectivity index (χ4v) is 9.34. The van der Waals surface area contributed by atoms with E-state index in [1.807, 2.05) is 24.0 Å². The SMILES string of the molecule is C=CC(=O)N1CC2(CCN(c3nc(N4CC5(CC[C@@H](N)C5)C4)nc4c(OCC(F)(F)F)c(-c5c(C)ccc6[nH]ncc56)c(C5CC5)cc34)CC2)C1. The lowest BCUT2D eigenvalue weighted by atomic mass is 9.72. The lowest BCUT2D eigenvalue weighted by molar-refractivity contribution is -0.153. The summed E-state index contributed by atoms with van der Waals surface area (Å²) in [6.07, 6.45) is 5.19. The van der Waals surface area contributed by atoms with Crippen LogP contribution in [0.1, 0.15) is 62.0 Å². The number of ether oxygens (including phenoxy) is 1. The third-order valence-electron chi connectivity index (χ3n) is 12.2. The van der Waals surface area contributed by atoms with Crippen molar-refractivity contribution in [1.82, 2.24) is 25.1 Å². The van der Waals surface area contributed by atoms with Gasteiger partial charge in [-0.3, -0.25) is 9.89 Å². The molecule has 13 heteroatoms. The van der Waals surface area contributed by atoms with Crippen LogP contribution in [-0.2, 0) is 4.79 Å². The van der Waals surface area contributed by atoms with Crippen LogP contribution in [0.15, 0.2) is 37.1 Å². The second-order valence-electron chi connectivity index (χ2n) is 15.9. The van der Waals surface area contributed by atoms with Gasteiger partial charge in [0, 0.05) is 72.5 Å². The van der Waals surface area contributed by atoms with Crippen molar-refractivity contribution in [2.24, 2.45) is 16.6 Å². The van der Waals surface area contributed by atoms with Crippen LogP contribution < -0.4 is 20.3 Å². The Morgan fingerprint density at radius 1 is 1.04 bits per heavy atom. The third kappa shape index (κ3) is 5.59. The van der Waals surface area contributed by atoms with E-state index >= 15 is 0 Å². The number of alkyl halides is 3. The first kappa shape index (κ1) is 32.5. The number of aromatic nitrogens is 4. The number of likely N-dealkylation sites (tertiary alicyclic amines) is 1. The number of aromatic amines is 1. The van der Waals surface area contributed by atoms with Crippen molar-refractivity contribution in [2.75, 3.05) is 55.7 Å². The Morgan fingerprint density at radius 2 is 1.80 bits per heavy atom. The number of fused-ring (bicyclic) bond motifs is 2. The zero-order valence-corrected chi connectivity index (χ0v) is 28.9. The van der Waals surface area contributed by atoms with Crippen molar-refractivity contribution in [2.45, 2.75) is 70.0 Å². The van der Waals surface area contributed by atoms with Gasteiger partial charge >= 0.3 is 6.18 Å². The number of benzene rings is 2. The van der Waals surface area contributed by atoms with Crippen molar-refractivity contribution in [3.05, 3.63) is 48.2 Å². The number of nitrogens with one attached hydrogen (secondary N) is 1. The number of aryl methyl sites for hydroxylation is 1. The van der Waals surface area contributed by atoms with Gasteiger partial charge in [0.2, 0.25) is 11.9 Å². The van der Waals surface area contributed by atoms with Gasteiger partial charge in [-0.25, -0.2) is 4.98 Å². The van der Waals surface area contributed by atoms with Crippen molar-refractivity contribution in [3.8, 4) is 16.9 Å². The number of carbonyl (C=O) groups excluding carboxylic acids is 1. The van der Waals surface area contributed by atoms with E-state index in [0.717, 1.165) is 91.4 Å². The predicted molar refractivity (Wildman–Crippen MR) is 190 cm³/mol. The van der Waals surface area contributed by atoms with Crippen LogP contribution in [0.25, 0.3) is 32.9 Å². The van der Waals surface area contributed by atoms with Crippen LogP contribution in [0.5, 0.6) is 5.75 Å². The molecule has 5 fully saturated rings. The minimum Gasteiger partial charge on any atom is -0.481 e. The molecule has 2 aromatic carbocycles. The number of rotatable bonds is 7. The highest BCUT2D eigenvalue weighted by molar-refractivity contribution is 6.06. The number of carbonyl (C=O) groups is 1. The molecular formula is C38H43F3N8O2. The van der Waals surface area contributed by atoms with Crippen LogP contribution >= 0.6 is 0 Å². The number of nitrogens with zero attached hydrogens (tertiary/aromatic N) is 6. The molecule has 0 bridgehead atoms. The summed E-state index contributed by atoms with van der Waals surface area (Å²) >= 11 is 0. The second-order valence-corrected chi connectivity index (χ2v) is 15.9. The molecule has 51 heavy (non-hydrogen) atoms. The van der Waals surface area contributed by atoms with Crippen LogP contribution in [0.4, 0.5) is 24.9 Å². The summed E-state index contributed by atoms with van der Waals surface area (Å²) in [5.41, 5.74) is 11.1. The lowest BCUT2D eigenvalue weighted by Crippen LogP contribution is -2.61. The van der Waals surface area contributed by atoms with E-state index in [0.29, 0.717) is 48.6 Å². The maximum atomic E-state index is 14.1. The molecule has 2 aromatic heterocycles. The maximum absolute atomic E-state index is 14.1. The minimum atomic E-state index is -4.55. The molecule has 2 spiro atoms. The molecule has 4 aromatic rings. The van der Waals surface area contributed by atoms with Crippen LogP contribution in [0.3, 0.4) is 0 Å². The summed E-state index contributed by atoms with van der Waals surface area (Å²) in [6, 6.07) is 6.23. The highest BCUT2D eigenvalue weighted by Gasteiger charge is 2.49. The fraction of sp³-hybridized carbons (Fsp3) is 0.526. The molecule has 0 unspecified atom stereocenters. The Bertz CT molecular complexity index is 2050. The molecule has 3 saturated heterocycles. The number of H-pyrrole nitrogens is 1. The Hall–Kier alpha value is -4.39. The lowest BCUT2D eigenvalue weighted by Gasteiger charge is -2.54. The standard InChI is InChI=1S/C38H43F3N8O2/c1-3-29(50)48-17-36(18-48)10-12-47(13-11-36)34-26-14-25(23-5-6-23)31(30-22(2)4-7-28-27(30)16-43-46-28)33(51-21-38(39,40)41)32(26)44-35(45-34)49-19-37(20-49)9-8-24(42)15-37/h3-4,7,14,16,23-24H,1,5-6,8-13,15,17-21,42H2,2H3,(H,43,46)/t24-/m1/s1. The van der Waals surface area contributed by atoms with E-state index in [9.17, 15) is 18.0 Å². The van der Waals surface area contributed by atoms with E-state index in [4.69, 9.17) is 20.4 Å². The normalized spacial score (nSPS) is 22.5. The number of halogens is 3. The molecule has 3 aliphatic heterocycles. The summed E-state index contributed by atoms with van der Waals surface area (Å²) in [7, 11) is 0. The van der Waals surface area contributed by atoms with Gasteiger partial charge < -0.3 is 25.2 Å². The van der Waals surface area contributed by atoms with Crippen LogP contribution in [-0.4, -0.2) is 89.1 Å². The molecule has 1 atom stereocenters. The van der Waals surface area contributed by atoms with Crippen LogP contribution in [0.2, 0.25) is 0 Å². The topological polar surface area (TPSA) is 117 Å². The van der Waals surface area contributed by atoms with E-state index in [1.54, 1.807) is 6.20 Å². The predicted octanol–water partition coefficient (Wildman–Crippen LogP) is 6.23. The molecule has 2 aliphatic carbocycles. The van der Waals surface area contributed by atoms with Crippen molar-refractivity contribution >= 4 is 39.5 Å². The van der Waals surface area contributed by atoms with Gasteiger partial charge in [0.1, 0.15) is 11.3 Å². The molecule has 9 rings (SSSR count). The largest absolute Gasteiger partial charge is 0.481 e. The summed E-state index contributed by atoms with van der Waals surface area (Å²) in [4.78, 5) is 28.8. The van der Waals surface area contributed by atoms with E-state index in [2.05, 4.69) is 32.6 Å². The summed E-state index contributed by atoms with van der Waals surface area (Å²) in [5.74, 6) is 1.53. The molecule has 2 saturated carbocycles. The van der Waals surface area contributed by atoms with E-state index in [1.165, 1.54) is 6.08 Å². The highest BCUT2D eigenvalue weighted by atomic mass is 19.4. The van der Waals surface area contributed by atoms with Crippen molar-refractivity contribution in [1.29, 1.82) is 0 Å². The Morgan fingerprint density at radius 3 is 2.47 bits per heavy atom. The quantitative estimate of drug-likeness (QED) is 0.218. The Kier molecular flexibility index (Phi) is 7.37. The molecule has 5 heterocycles. The summed E-state index contributed by atoms with van der Waals surface area (Å²) < 4.78 is 48.1. The van der Waals surface area contributed by atoms with Gasteiger partial charge in [-0.1, -0.05) is 12.6 Å². The smallest absolute Gasteiger partial charge is 0.422 e. The average Bonchev–Trinajstić information content (AvgIpc) is 3.68. The maximum Gasteiger partial charge on any atom is 0.422 e. The molecule has 3 N–H and O–H groups in total. The number of piperidine rings is 1. The van der Waals surface area contributed by atoms with Crippen LogP contribution in [0, 0.1) is 17.8 Å². The highest BCUT2D eigenvalue weighted by Crippen LogP contribution is 2.54. The number of nitrogens with two attached hydrogens (primary N) is 1. The number of hydrogen-bond acceptors (Lipinski definition) is 8. The minimum absolute atomic E-state index is 0.0406. The van der Waals surface area contributed by atoms with Gasteiger partial charge in [0.05, 0.1) is 11.7 Å². The van der Waals surface area contributed by atoms with Gasteiger partial charge in [-0.15, -0.1) is 0 Å². The van der Waals surface area contributed by atoms with E-state index < -0.39 is 12.8 Å². The first-order chi connectivity index (χ1) is 24.4. The number of anilines is 2. The molecule has 1 amide bonds. The summed E-state index contributed by atoms with van der Waals surface area (Å²) in [5, 5.41) is 8.87. The molecule has 5 aliphatic rings. The van der Waals surface area contributed by atoms with Gasteiger partial charge in [0.15, 0.2) is 12.4 Å². The summed E-state index contributed by atoms with van der Waals surface area (Å²) in [6.45, 7) is 8.56. The zero-order valence-electron chi connectivity index (χ0n) is 28.9.